The summed E-state index contributed by atoms with van der Waals surface area (Å²) in [5, 5.41) is 9.94. The maximum atomic E-state index is 12.1. The minimum absolute atomic E-state index is 0.135. The number of amides is 1. The van der Waals surface area contributed by atoms with E-state index in [-0.39, 0.29) is 5.91 Å². The summed E-state index contributed by atoms with van der Waals surface area (Å²) in [4.78, 5) is 13.9. The lowest BCUT2D eigenvalue weighted by molar-refractivity contribution is -0.155. The number of aryl methyl sites for hydroxylation is 2. The number of nitrogens with zero attached hydrogens (tertiary/aromatic N) is 1. The van der Waals surface area contributed by atoms with E-state index in [0.717, 1.165) is 18.4 Å². The summed E-state index contributed by atoms with van der Waals surface area (Å²) in [6.45, 7) is 2.95. The third kappa shape index (κ3) is 2.39. The minimum atomic E-state index is -0.631. The van der Waals surface area contributed by atoms with Crippen LogP contribution in [-0.4, -0.2) is 34.6 Å². The minimum Gasteiger partial charge on any atom is -0.386 e. The molecule has 1 fully saturated rings. The van der Waals surface area contributed by atoms with Gasteiger partial charge >= 0.3 is 0 Å². The molecule has 1 heterocycles. The number of likely N-dealkylation sites (tertiary alicyclic amines) is 1. The molecule has 1 aliphatic carbocycles. The summed E-state index contributed by atoms with van der Waals surface area (Å²) in [5.74, 6) is 0.135. The first-order chi connectivity index (χ1) is 9.09. The van der Waals surface area contributed by atoms with Crippen LogP contribution in [0, 0.1) is 0 Å². The van der Waals surface area contributed by atoms with E-state index in [9.17, 15) is 9.90 Å². The summed E-state index contributed by atoms with van der Waals surface area (Å²) in [6.07, 6.45) is 4.75. The van der Waals surface area contributed by atoms with Crippen LogP contribution in [0.5, 0.6) is 0 Å². The largest absolute Gasteiger partial charge is 0.386 e. The molecule has 0 radical (unpaired) electrons. The molecule has 3 rings (SSSR count). The average molecular weight is 259 g/mol. The zero-order chi connectivity index (χ0) is 13.5. The van der Waals surface area contributed by atoms with Crippen molar-refractivity contribution >= 4 is 5.91 Å². The number of aliphatic hydroxyl groups is 1. The number of rotatable bonds is 3. The van der Waals surface area contributed by atoms with Crippen LogP contribution < -0.4 is 0 Å². The lowest BCUT2D eigenvalue weighted by atomic mass is 9.90. The van der Waals surface area contributed by atoms with E-state index in [1.54, 1.807) is 4.90 Å². The first-order valence-corrected chi connectivity index (χ1v) is 7.20. The van der Waals surface area contributed by atoms with Gasteiger partial charge in [-0.25, -0.2) is 0 Å². The van der Waals surface area contributed by atoms with Crippen LogP contribution in [0.3, 0.4) is 0 Å². The summed E-state index contributed by atoms with van der Waals surface area (Å²) in [5.41, 5.74) is 3.34. The molecule has 1 saturated heterocycles. The van der Waals surface area contributed by atoms with Crippen LogP contribution in [0.15, 0.2) is 18.2 Å². The Morgan fingerprint density at radius 1 is 1.32 bits per heavy atom. The van der Waals surface area contributed by atoms with Crippen LogP contribution >= 0.6 is 0 Å². The number of β-amino-alcohol motifs (C(OH)–C–C–N with tert-alkyl or cyclic N) is 1. The normalized spacial score (nSPS) is 20.0. The highest BCUT2D eigenvalue weighted by Gasteiger charge is 2.41. The van der Waals surface area contributed by atoms with Crippen LogP contribution in [-0.2, 0) is 24.1 Å². The highest BCUT2D eigenvalue weighted by Crippen LogP contribution is 2.26. The second kappa shape index (κ2) is 4.64. The molecule has 0 bridgehead atoms. The first kappa shape index (κ1) is 12.7. The number of hydrogen-bond acceptors (Lipinski definition) is 2. The molecule has 0 saturated carbocycles. The SMILES string of the molecule is CCC1(O)CN(C(=O)Cc2ccc3c(c2)CCC3)C1. The van der Waals surface area contributed by atoms with Gasteiger partial charge in [0.1, 0.15) is 0 Å². The lowest BCUT2D eigenvalue weighted by Crippen LogP contribution is -2.63. The fourth-order valence-electron chi connectivity index (χ4n) is 3.09. The Bertz CT molecular complexity index is 503. The molecule has 1 N–H and O–H groups in total. The third-order valence-electron chi connectivity index (χ3n) is 4.50. The summed E-state index contributed by atoms with van der Waals surface area (Å²) in [6, 6.07) is 6.43. The number of carbonyl (C=O) groups is 1. The van der Waals surface area contributed by atoms with Crippen molar-refractivity contribution in [3.05, 3.63) is 34.9 Å². The molecule has 0 spiro atoms. The summed E-state index contributed by atoms with van der Waals surface area (Å²) in [7, 11) is 0. The molecule has 2 aliphatic rings. The molecule has 3 heteroatoms. The van der Waals surface area contributed by atoms with Gasteiger partial charge in [0.25, 0.3) is 0 Å². The number of hydrogen-bond donors (Lipinski definition) is 1. The fraction of sp³-hybridized carbons (Fsp3) is 0.562. The van der Waals surface area contributed by atoms with Gasteiger partial charge in [0.15, 0.2) is 0 Å². The number of fused-ring (bicyclic) bond motifs is 1. The topological polar surface area (TPSA) is 40.5 Å². The first-order valence-electron chi connectivity index (χ1n) is 7.20. The smallest absolute Gasteiger partial charge is 0.227 e. The van der Waals surface area contributed by atoms with Crippen LogP contribution in [0.4, 0.5) is 0 Å². The van der Waals surface area contributed by atoms with E-state index in [0.29, 0.717) is 19.5 Å². The Balaban J connectivity index is 1.61. The van der Waals surface area contributed by atoms with Crippen molar-refractivity contribution in [1.29, 1.82) is 0 Å². The number of carbonyl (C=O) groups excluding carboxylic acids is 1. The highest BCUT2D eigenvalue weighted by molar-refractivity contribution is 5.80. The molecule has 1 amide bonds. The van der Waals surface area contributed by atoms with E-state index in [2.05, 4.69) is 18.2 Å². The quantitative estimate of drug-likeness (QED) is 0.897. The van der Waals surface area contributed by atoms with Crippen molar-refractivity contribution in [3.8, 4) is 0 Å². The second-order valence-electron chi connectivity index (χ2n) is 5.96. The standard InChI is InChI=1S/C16H21NO2/c1-2-16(19)10-17(11-16)15(18)9-12-6-7-13-4-3-5-14(13)8-12/h6-8,19H,2-5,9-11H2,1H3. The highest BCUT2D eigenvalue weighted by atomic mass is 16.3. The van der Waals surface area contributed by atoms with Crippen molar-refractivity contribution in [2.24, 2.45) is 0 Å². The second-order valence-corrected chi connectivity index (χ2v) is 5.96. The number of benzene rings is 1. The van der Waals surface area contributed by atoms with E-state index < -0.39 is 5.60 Å². The molecule has 0 aromatic heterocycles. The maximum absolute atomic E-state index is 12.1. The van der Waals surface area contributed by atoms with Crippen molar-refractivity contribution in [2.75, 3.05) is 13.1 Å². The Morgan fingerprint density at radius 2 is 2.05 bits per heavy atom. The summed E-state index contributed by atoms with van der Waals surface area (Å²) >= 11 is 0. The van der Waals surface area contributed by atoms with Gasteiger partial charge in [-0.3, -0.25) is 4.79 Å². The molecule has 0 atom stereocenters. The molecule has 19 heavy (non-hydrogen) atoms. The van der Waals surface area contributed by atoms with Gasteiger partial charge in [0.05, 0.1) is 25.1 Å². The van der Waals surface area contributed by atoms with Gasteiger partial charge in [-0.15, -0.1) is 0 Å². The summed E-state index contributed by atoms with van der Waals surface area (Å²) < 4.78 is 0. The molecular formula is C16H21NO2. The zero-order valence-electron chi connectivity index (χ0n) is 11.5. The van der Waals surface area contributed by atoms with Gasteiger partial charge < -0.3 is 10.0 Å². The third-order valence-corrected chi connectivity index (χ3v) is 4.50. The molecular weight excluding hydrogens is 238 g/mol. The van der Waals surface area contributed by atoms with Gasteiger partial charge in [-0.2, -0.15) is 0 Å². The van der Waals surface area contributed by atoms with Crippen LogP contribution in [0.2, 0.25) is 0 Å². The van der Waals surface area contributed by atoms with Gasteiger partial charge in [-0.05, 0) is 42.4 Å². The van der Waals surface area contributed by atoms with Crippen molar-refractivity contribution < 1.29 is 9.90 Å². The Hall–Kier alpha value is -1.35. The van der Waals surface area contributed by atoms with Gasteiger partial charge in [0.2, 0.25) is 5.91 Å². The molecule has 1 aromatic carbocycles. The fourth-order valence-corrected chi connectivity index (χ4v) is 3.09. The molecule has 0 unspecified atom stereocenters. The Kier molecular flexibility index (Phi) is 3.09. The van der Waals surface area contributed by atoms with Crippen molar-refractivity contribution in [2.45, 2.75) is 44.6 Å². The monoisotopic (exact) mass is 259 g/mol. The maximum Gasteiger partial charge on any atom is 0.227 e. The average Bonchev–Trinajstić information content (AvgIpc) is 2.82. The van der Waals surface area contributed by atoms with Gasteiger partial charge in [-0.1, -0.05) is 25.1 Å². The van der Waals surface area contributed by atoms with E-state index in [1.807, 2.05) is 6.92 Å². The van der Waals surface area contributed by atoms with E-state index >= 15 is 0 Å². The van der Waals surface area contributed by atoms with E-state index in [1.165, 1.54) is 24.0 Å². The molecule has 1 aliphatic heterocycles. The predicted molar refractivity (Wildman–Crippen MR) is 74.0 cm³/mol. The van der Waals surface area contributed by atoms with Crippen molar-refractivity contribution in [3.63, 3.8) is 0 Å². The van der Waals surface area contributed by atoms with Crippen LogP contribution in [0.25, 0.3) is 0 Å². The Morgan fingerprint density at radius 3 is 2.79 bits per heavy atom. The molecule has 1 aromatic rings. The molecule has 3 nitrogen and oxygen atoms in total. The Labute approximate surface area is 114 Å². The predicted octanol–water partition coefficient (Wildman–Crippen LogP) is 1.70. The van der Waals surface area contributed by atoms with E-state index in [4.69, 9.17) is 0 Å². The van der Waals surface area contributed by atoms with Crippen LogP contribution in [0.1, 0.15) is 36.5 Å². The van der Waals surface area contributed by atoms with Crippen molar-refractivity contribution in [1.82, 2.24) is 4.90 Å². The molecule has 102 valence electrons. The van der Waals surface area contributed by atoms with Gasteiger partial charge in [0, 0.05) is 0 Å². The zero-order valence-corrected chi connectivity index (χ0v) is 11.5. The lowest BCUT2D eigenvalue weighted by Gasteiger charge is -2.46.